The van der Waals surface area contributed by atoms with E-state index in [0.717, 1.165) is 6.26 Å². The highest BCUT2D eigenvalue weighted by molar-refractivity contribution is 7.92. The fraction of sp³-hybridized carbons (Fsp3) is 0.500. The number of rotatable bonds is 5. The smallest absolute Gasteiger partial charge is 0.354 e. The Morgan fingerprint density at radius 2 is 2.11 bits per heavy atom. The van der Waals surface area contributed by atoms with Crippen molar-refractivity contribution in [3.8, 4) is 0 Å². The predicted molar refractivity (Wildman–Crippen MR) is 66.4 cm³/mol. The highest BCUT2D eigenvalue weighted by Crippen LogP contribution is 2.15. The number of carboxylic acids is 1. The highest BCUT2D eigenvalue weighted by Gasteiger charge is 2.30. The van der Waals surface area contributed by atoms with Crippen LogP contribution in [0.4, 0.5) is 5.95 Å². The number of nitrogens with one attached hydrogen (secondary N) is 1. The van der Waals surface area contributed by atoms with Crippen molar-refractivity contribution in [1.29, 1.82) is 0 Å². The maximum absolute atomic E-state index is 11.5. The molecule has 0 aromatic carbocycles. The van der Waals surface area contributed by atoms with Crippen molar-refractivity contribution in [2.45, 2.75) is 18.6 Å². The molecule has 0 unspecified atom stereocenters. The minimum Gasteiger partial charge on any atom is -0.477 e. The van der Waals surface area contributed by atoms with Gasteiger partial charge in [-0.15, -0.1) is 0 Å². The standard InChI is InChI=1S/C10H15N3O4S/c1-10(2,18(3,16)17)6-12-9-11-5-4-7(13-9)8(14)15/h4-5H,6H2,1-3H3,(H,14,15)(H,11,12,13). The van der Waals surface area contributed by atoms with Gasteiger partial charge in [0, 0.05) is 19.0 Å². The predicted octanol–water partition coefficient (Wildman–Crippen LogP) is 0.410. The number of hydrogen-bond donors (Lipinski definition) is 2. The molecule has 8 heteroatoms. The first-order valence-corrected chi connectivity index (χ1v) is 7.02. The summed E-state index contributed by atoms with van der Waals surface area (Å²) < 4.78 is 22.0. The first kappa shape index (κ1) is 14.4. The van der Waals surface area contributed by atoms with Gasteiger partial charge >= 0.3 is 5.97 Å². The summed E-state index contributed by atoms with van der Waals surface area (Å²) in [6.45, 7) is 3.22. The van der Waals surface area contributed by atoms with Crippen LogP contribution in [0.3, 0.4) is 0 Å². The lowest BCUT2D eigenvalue weighted by Gasteiger charge is -2.22. The lowest BCUT2D eigenvalue weighted by Crippen LogP contribution is -2.38. The average molecular weight is 273 g/mol. The number of aromatic carboxylic acids is 1. The van der Waals surface area contributed by atoms with Gasteiger partial charge in [-0.3, -0.25) is 0 Å². The van der Waals surface area contributed by atoms with Gasteiger partial charge in [0.05, 0.1) is 4.75 Å². The number of carbonyl (C=O) groups is 1. The highest BCUT2D eigenvalue weighted by atomic mass is 32.2. The van der Waals surface area contributed by atoms with Crippen LogP contribution < -0.4 is 5.32 Å². The van der Waals surface area contributed by atoms with Crippen LogP contribution >= 0.6 is 0 Å². The summed E-state index contributed by atoms with van der Waals surface area (Å²) in [7, 11) is -3.23. The molecule has 0 saturated heterocycles. The Hall–Kier alpha value is -1.70. The number of nitrogens with zero attached hydrogens (tertiary/aromatic N) is 2. The molecule has 1 heterocycles. The number of carboxylic acid groups (broad SMARTS) is 1. The van der Waals surface area contributed by atoms with Crippen LogP contribution in [0.25, 0.3) is 0 Å². The van der Waals surface area contributed by atoms with Gasteiger partial charge in [0.1, 0.15) is 0 Å². The van der Waals surface area contributed by atoms with Crippen LogP contribution in [-0.4, -0.2) is 47.0 Å². The van der Waals surface area contributed by atoms with Crippen molar-refractivity contribution in [1.82, 2.24) is 9.97 Å². The molecule has 7 nitrogen and oxygen atoms in total. The van der Waals surface area contributed by atoms with Crippen molar-refractivity contribution in [2.75, 3.05) is 18.1 Å². The molecule has 1 aromatic rings. The molecule has 2 N–H and O–H groups in total. The Balaban J connectivity index is 2.82. The van der Waals surface area contributed by atoms with E-state index in [0.29, 0.717) is 0 Å². The lowest BCUT2D eigenvalue weighted by molar-refractivity contribution is 0.0690. The summed E-state index contributed by atoms with van der Waals surface area (Å²) in [6, 6.07) is 1.26. The molecule has 0 aliphatic rings. The molecule has 0 bridgehead atoms. The molecule has 0 atom stereocenters. The fourth-order valence-corrected chi connectivity index (χ4v) is 1.32. The molecule has 18 heavy (non-hydrogen) atoms. The molecule has 0 aliphatic carbocycles. The second-order valence-corrected chi connectivity index (χ2v) is 7.11. The number of hydrogen-bond acceptors (Lipinski definition) is 6. The zero-order chi connectivity index (χ0) is 14.0. The Morgan fingerprint density at radius 3 is 2.61 bits per heavy atom. The van der Waals surface area contributed by atoms with Gasteiger partial charge in [0.15, 0.2) is 15.5 Å². The van der Waals surface area contributed by atoms with Gasteiger partial charge in [-0.25, -0.2) is 23.2 Å². The fourth-order valence-electron chi connectivity index (χ4n) is 0.986. The number of sulfone groups is 1. The van der Waals surface area contributed by atoms with Crippen molar-refractivity contribution in [3.05, 3.63) is 18.0 Å². The van der Waals surface area contributed by atoms with E-state index >= 15 is 0 Å². The van der Waals surface area contributed by atoms with Crippen LogP contribution in [0.2, 0.25) is 0 Å². The molecular weight excluding hydrogens is 258 g/mol. The van der Waals surface area contributed by atoms with Crippen molar-refractivity contribution in [2.24, 2.45) is 0 Å². The minimum atomic E-state index is -3.23. The number of aromatic nitrogens is 2. The maximum atomic E-state index is 11.5. The normalized spacial score (nSPS) is 12.2. The van der Waals surface area contributed by atoms with Gasteiger partial charge in [0.2, 0.25) is 5.95 Å². The van der Waals surface area contributed by atoms with E-state index in [1.807, 2.05) is 0 Å². The van der Waals surface area contributed by atoms with Crippen LogP contribution in [0.1, 0.15) is 24.3 Å². The van der Waals surface area contributed by atoms with Gasteiger partial charge in [-0.2, -0.15) is 0 Å². The third-order valence-electron chi connectivity index (χ3n) is 2.55. The summed E-state index contributed by atoms with van der Waals surface area (Å²) in [4.78, 5) is 18.3. The first-order valence-electron chi connectivity index (χ1n) is 5.13. The molecule has 0 spiro atoms. The lowest BCUT2D eigenvalue weighted by atomic mass is 10.2. The Bertz CT molecular complexity index is 554. The third-order valence-corrected chi connectivity index (χ3v) is 4.70. The number of anilines is 1. The SMILES string of the molecule is CC(C)(CNc1nccc(C(=O)O)n1)S(C)(=O)=O. The van der Waals surface area contributed by atoms with Gasteiger partial charge in [-0.05, 0) is 19.9 Å². The summed E-state index contributed by atoms with van der Waals surface area (Å²) in [5.41, 5.74) is -0.148. The maximum Gasteiger partial charge on any atom is 0.354 e. The molecule has 0 radical (unpaired) electrons. The third kappa shape index (κ3) is 3.39. The van der Waals surface area contributed by atoms with Crippen molar-refractivity contribution >= 4 is 21.8 Å². The second-order valence-electron chi connectivity index (χ2n) is 4.46. The molecule has 1 rings (SSSR count). The molecule has 0 amide bonds. The summed E-state index contributed by atoms with van der Waals surface area (Å²) in [5.74, 6) is -1.07. The van der Waals surface area contributed by atoms with E-state index < -0.39 is 20.6 Å². The molecule has 1 aromatic heterocycles. The van der Waals surface area contributed by atoms with E-state index in [1.54, 1.807) is 13.8 Å². The van der Waals surface area contributed by atoms with Gasteiger partial charge < -0.3 is 10.4 Å². The quantitative estimate of drug-likeness (QED) is 0.799. The zero-order valence-electron chi connectivity index (χ0n) is 10.3. The van der Waals surface area contributed by atoms with E-state index in [9.17, 15) is 13.2 Å². The van der Waals surface area contributed by atoms with Crippen molar-refractivity contribution in [3.63, 3.8) is 0 Å². The molecule has 100 valence electrons. The van der Waals surface area contributed by atoms with E-state index in [2.05, 4.69) is 15.3 Å². The van der Waals surface area contributed by atoms with Crippen LogP contribution in [-0.2, 0) is 9.84 Å². The largest absolute Gasteiger partial charge is 0.477 e. The van der Waals surface area contributed by atoms with Gasteiger partial charge in [-0.1, -0.05) is 0 Å². The molecular formula is C10H15N3O4S. The molecule has 0 aliphatic heterocycles. The zero-order valence-corrected chi connectivity index (χ0v) is 11.2. The Labute approximate surface area is 105 Å². The Kier molecular flexibility index (Phi) is 3.90. The van der Waals surface area contributed by atoms with E-state index in [-0.39, 0.29) is 18.2 Å². The minimum absolute atomic E-state index is 0.0895. The van der Waals surface area contributed by atoms with E-state index in [4.69, 9.17) is 5.11 Å². The van der Waals surface area contributed by atoms with Crippen LogP contribution in [0.5, 0.6) is 0 Å². The van der Waals surface area contributed by atoms with Gasteiger partial charge in [0.25, 0.3) is 0 Å². The van der Waals surface area contributed by atoms with Crippen LogP contribution in [0.15, 0.2) is 12.3 Å². The second kappa shape index (κ2) is 4.89. The first-order chi connectivity index (χ1) is 8.13. The van der Waals surface area contributed by atoms with E-state index in [1.165, 1.54) is 12.3 Å². The van der Waals surface area contributed by atoms with Crippen molar-refractivity contribution < 1.29 is 18.3 Å². The molecule has 0 fully saturated rings. The average Bonchev–Trinajstić information content (AvgIpc) is 2.25. The Morgan fingerprint density at radius 1 is 1.50 bits per heavy atom. The summed E-state index contributed by atoms with van der Waals surface area (Å²) in [5, 5.41) is 11.5. The summed E-state index contributed by atoms with van der Waals surface area (Å²) >= 11 is 0. The molecule has 0 saturated carbocycles. The summed E-state index contributed by atoms with van der Waals surface area (Å²) in [6.07, 6.45) is 2.44. The van der Waals surface area contributed by atoms with Crippen LogP contribution in [0, 0.1) is 0 Å². The topological polar surface area (TPSA) is 109 Å². The monoisotopic (exact) mass is 273 g/mol.